The number of hydrogen-bond acceptors (Lipinski definition) is 4. The van der Waals surface area contributed by atoms with Gasteiger partial charge in [-0.15, -0.1) is 0 Å². The van der Waals surface area contributed by atoms with Crippen LogP contribution in [0.1, 0.15) is 12.8 Å². The van der Waals surface area contributed by atoms with Gasteiger partial charge in [0.1, 0.15) is 0 Å². The molecule has 0 aromatic heterocycles. The predicted octanol–water partition coefficient (Wildman–Crippen LogP) is -1.63. The van der Waals surface area contributed by atoms with Gasteiger partial charge in [-0.05, 0) is 12.8 Å². The molecule has 0 radical (unpaired) electrons. The monoisotopic (exact) mass is 245 g/mol. The van der Waals surface area contributed by atoms with E-state index in [-0.39, 0.29) is 18.1 Å². The highest BCUT2D eigenvalue weighted by molar-refractivity contribution is 7.80. The SMILES string of the molecule is NC(=S)CNC(=O)C(=O)N1CCCC(O)C1. The number of β-amino-alcohol motifs (C(OH)–C–C–N with tert-alkyl or cyclic N) is 1. The number of carbonyl (C=O) groups excluding carboxylic acids is 2. The van der Waals surface area contributed by atoms with E-state index in [1.807, 2.05) is 0 Å². The van der Waals surface area contributed by atoms with Crippen molar-refractivity contribution in [2.75, 3.05) is 19.6 Å². The summed E-state index contributed by atoms with van der Waals surface area (Å²) in [5, 5.41) is 11.7. The van der Waals surface area contributed by atoms with Crippen LogP contribution in [-0.2, 0) is 9.59 Å². The summed E-state index contributed by atoms with van der Waals surface area (Å²) >= 11 is 4.57. The zero-order valence-corrected chi connectivity index (χ0v) is 9.63. The average Bonchev–Trinajstić information content (AvgIpc) is 2.24. The third kappa shape index (κ3) is 3.74. The fourth-order valence-electron chi connectivity index (χ4n) is 1.53. The molecule has 1 rings (SSSR count). The summed E-state index contributed by atoms with van der Waals surface area (Å²) in [6.07, 6.45) is 0.828. The molecule has 0 bridgehead atoms. The molecule has 1 saturated heterocycles. The van der Waals surface area contributed by atoms with Gasteiger partial charge in [-0.2, -0.15) is 0 Å². The molecule has 1 fully saturated rings. The maximum atomic E-state index is 11.6. The van der Waals surface area contributed by atoms with Crippen LogP contribution in [0.2, 0.25) is 0 Å². The molecule has 0 aromatic rings. The minimum atomic E-state index is -0.734. The van der Waals surface area contributed by atoms with Gasteiger partial charge in [0.15, 0.2) is 0 Å². The number of carbonyl (C=O) groups is 2. The largest absolute Gasteiger partial charge is 0.392 e. The van der Waals surface area contributed by atoms with E-state index in [0.29, 0.717) is 19.4 Å². The molecule has 2 amide bonds. The van der Waals surface area contributed by atoms with Crippen molar-refractivity contribution in [2.45, 2.75) is 18.9 Å². The van der Waals surface area contributed by atoms with Crippen LogP contribution in [0.3, 0.4) is 0 Å². The van der Waals surface area contributed by atoms with Gasteiger partial charge in [0.2, 0.25) is 0 Å². The number of nitrogens with one attached hydrogen (secondary N) is 1. The van der Waals surface area contributed by atoms with E-state index in [4.69, 9.17) is 5.73 Å². The first-order valence-electron chi connectivity index (χ1n) is 5.04. The highest BCUT2D eigenvalue weighted by Gasteiger charge is 2.26. The molecule has 1 aliphatic rings. The van der Waals surface area contributed by atoms with Crippen molar-refractivity contribution in [2.24, 2.45) is 5.73 Å². The molecule has 1 aliphatic heterocycles. The highest BCUT2D eigenvalue weighted by atomic mass is 32.1. The molecular formula is C9H15N3O3S. The van der Waals surface area contributed by atoms with E-state index in [2.05, 4.69) is 17.5 Å². The van der Waals surface area contributed by atoms with Gasteiger partial charge in [-0.25, -0.2) is 0 Å². The lowest BCUT2D eigenvalue weighted by Gasteiger charge is -2.29. The molecule has 90 valence electrons. The van der Waals surface area contributed by atoms with Crippen molar-refractivity contribution >= 4 is 29.0 Å². The van der Waals surface area contributed by atoms with E-state index in [9.17, 15) is 14.7 Å². The lowest BCUT2D eigenvalue weighted by molar-refractivity contribution is -0.147. The Labute approximate surface area is 98.8 Å². The molecule has 1 unspecified atom stereocenters. The van der Waals surface area contributed by atoms with Crippen LogP contribution >= 0.6 is 12.2 Å². The van der Waals surface area contributed by atoms with Crippen molar-refractivity contribution < 1.29 is 14.7 Å². The Morgan fingerprint density at radius 3 is 2.81 bits per heavy atom. The molecule has 1 heterocycles. The summed E-state index contributed by atoms with van der Waals surface area (Å²) < 4.78 is 0. The zero-order valence-electron chi connectivity index (χ0n) is 8.81. The minimum Gasteiger partial charge on any atom is -0.392 e. The first-order chi connectivity index (χ1) is 7.50. The summed E-state index contributed by atoms with van der Waals surface area (Å²) in [6.45, 7) is 0.714. The molecule has 4 N–H and O–H groups in total. The Hall–Kier alpha value is -1.21. The number of amides is 2. The van der Waals surface area contributed by atoms with Crippen LogP contribution in [0.25, 0.3) is 0 Å². The minimum absolute atomic E-state index is 0.0102. The van der Waals surface area contributed by atoms with Crippen molar-refractivity contribution in [1.82, 2.24) is 10.2 Å². The van der Waals surface area contributed by atoms with E-state index in [0.717, 1.165) is 0 Å². The first-order valence-corrected chi connectivity index (χ1v) is 5.45. The quantitative estimate of drug-likeness (QED) is 0.401. The number of nitrogens with zero attached hydrogens (tertiary/aromatic N) is 1. The molecule has 0 aromatic carbocycles. The third-order valence-corrected chi connectivity index (χ3v) is 2.45. The van der Waals surface area contributed by atoms with Crippen LogP contribution in [0.5, 0.6) is 0 Å². The smallest absolute Gasteiger partial charge is 0.311 e. The molecule has 0 spiro atoms. The fraction of sp³-hybridized carbons (Fsp3) is 0.667. The second kappa shape index (κ2) is 5.76. The number of piperidine rings is 1. The molecule has 1 atom stereocenters. The van der Waals surface area contributed by atoms with Crippen LogP contribution < -0.4 is 11.1 Å². The van der Waals surface area contributed by atoms with Crippen molar-refractivity contribution in [1.29, 1.82) is 0 Å². The average molecular weight is 245 g/mol. The summed E-state index contributed by atoms with van der Waals surface area (Å²) in [4.78, 5) is 24.4. The van der Waals surface area contributed by atoms with Crippen molar-refractivity contribution in [3.8, 4) is 0 Å². The van der Waals surface area contributed by atoms with Crippen LogP contribution in [0.4, 0.5) is 0 Å². The summed E-state index contributed by atoms with van der Waals surface area (Å²) in [5.74, 6) is -1.38. The second-order valence-electron chi connectivity index (χ2n) is 3.70. The normalized spacial score (nSPS) is 20.3. The Morgan fingerprint density at radius 2 is 2.25 bits per heavy atom. The number of aliphatic hydroxyl groups is 1. The van der Waals surface area contributed by atoms with Gasteiger partial charge in [0.25, 0.3) is 0 Å². The van der Waals surface area contributed by atoms with Crippen LogP contribution in [-0.4, -0.2) is 52.5 Å². The maximum Gasteiger partial charge on any atom is 0.311 e. The molecule has 6 nitrogen and oxygen atoms in total. The van der Waals surface area contributed by atoms with Gasteiger partial charge in [0.05, 0.1) is 17.6 Å². The van der Waals surface area contributed by atoms with Crippen LogP contribution in [0.15, 0.2) is 0 Å². The van der Waals surface area contributed by atoms with E-state index in [1.54, 1.807) is 0 Å². The number of likely N-dealkylation sites (tertiary alicyclic amines) is 1. The molecule has 0 aliphatic carbocycles. The van der Waals surface area contributed by atoms with Crippen LogP contribution in [0, 0.1) is 0 Å². The Balaban J connectivity index is 2.43. The lowest BCUT2D eigenvalue weighted by Crippen LogP contribution is -2.49. The highest BCUT2D eigenvalue weighted by Crippen LogP contribution is 2.09. The summed E-state index contributed by atoms with van der Waals surface area (Å²) in [6, 6.07) is 0. The maximum absolute atomic E-state index is 11.6. The van der Waals surface area contributed by atoms with Crippen molar-refractivity contribution in [3.05, 3.63) is 0 Å². The fourth-order valence-corrected chi connectivity index (χ4v) is 1.60. The summed E-state index contributed by atoms with van der Waals surface area (Å²) in [5.41, 5.74) is 5.19. The second-order valence-corrected chi connectivity index (χ2v) is 4.22. The van der Waals surface area contributed by atoms with E-state index < -0.39 is 17.9 Å². The number of aliphatic hydroxyl groups excluding tert-OH is 1. The van der Waals surface area contributed by atoms with Gasteiger partial charge in [-0.3, -0.25) is 9.59 Å². The number of hydrogen-bond donors (Lipinski definition) is 3. The third-order valence-electron chi connectivity index (χ3n) is 2.30. The van der Waals surface area contributed by atoms with Gasteiger partial charge >= 0.3 is 11.8 Å². The van der Waals surface area contributed by atoms with E-state index >= 15 is 0 Å². The molecular weight excluding hydrogens is 230 g/mol. The zero-order chi connectivity index (χ0) is 12.1. The molecule has 16 heavy (non-hydrogen) atoms. The van der Waals surface area contributed by atoms with Crippen molar-refractivity contribution in [3.63, 3.8) is 0 Å². The van der Waals surface area contributed by atoms with Gasteiger partial charge in [0, 0.05) is 13.1 Å². The first kappa shape index (κ1) is 12.9. The number of nitrogens with two attached hydrogens (primary N) is 1. The topological polar surface area (TPSA) is 95.7 Å². The van der Waals surface area contributed by atoms with Gasteiger partial charge < -0.3 is 21.1 Å². The number of rotatable bonds is 2. The molecule has 7 heteroatoms. The molecule has 0 saturated carbocycles. The Morgan fingerprint density at radius 1 is 1.56 bits per heavy atom. The predicted molar refractivity (Wildman–Crippen MR) is 61.6 cm³/mol. The summed E-state index contributed by atoms with van der Waals surface area (Å²) in [7, 11) is 0. The van der Waals surface area contributed by atoms with E-state index in [1.165, 1.54) is 4.90 Å². The lowest BCUT2D eigenvalue weighted by atomic mass is 10.1. The Bertz CT molecular complexity index is 308. The number of thiocarbonyl (C=S) groups is 1. The standard InChI is InChI=1S/C9H15N3O3S/c10-7(16)4-11-8(14)9(15)12-3-1-2-6(13)5-12/h6,13H,1-5H2,(H2,10,16)(H,11,14). The Kier molecular flexibility index (Phi) is 4.63. The van der Waals surface area contributed by atoms with Gasteiger partial charge in [-0.1, -0.05) is 12.2 Å².